The molecule has 2 aromatic rings. The highest BCUT2D eigenvalue weighted by Gasteiger charge is 2.26. The third-order valence-electron chi connectivity index (χ3n) is 5.40. The predicted molar refractivity (Wildman–Crippen MR) is 102 cm³/mol. The minimum atomic E-state index is 0.386. The molecule has 0 aromatic carbocycles. The second-order valence-electron chi connectivity index (χ2n) is 7.25. The van der Waals surface area contributed by atoms with Crippen LogP contribution in [0.15, 0.2) is 29.7 Å². The summed E-state index contributed by atoms with van der Waals surface area (Å²) in [7, 11) is 2.11. The molecule has 140 valence electrons. The minimum Gasteiger partial charge on any atom is -0.377 e. The van der Waals surface area contributed by atoms with Crippen molar-refractivity contribution < 1.29 is 4.74 Å². The van der Waals surface area contributed by atoms with Gasteiger partial charge in [0.15, 0.2) is 5.16 Å². The molecule has 0 amide bonds. The summed E-state index contributed by atoms with van der Waals surface area (Å²) in [6, 6.07) is 4.21. The molecule has 6 nitrogen and oxygen atoms in total. The third kappa shape index (κ3) is 4.27. The molecule has 2 aliphatic heterocycles. The van der Waals surface area contributed by atoms with Gasteiger partial charge >= 0.3 is 0 Å². The summed E-state index contributed by atoms with van der Waals surface area (Å²) in [6.45, 7) is 4.14. The van der Waals surface area contributed by atoms with Crippen LogP contribution in [-0.2, 0) is 18.3 Å². The molecule has 2 aliphatic rings. The molecule has 7 heteroatoms. The number of hydrogen-bond donors (Lipinski definition) is 0. The number of nitrogens with zero attached hydrogens (tertiary/aromatic N) is 5. The van der Waals surface area contributed by atoms with E-state index in [-0.39, 0.29) is 0 Å². The summed E-state index contributed by atoms with van der Waals surface area (Å²) in [4.78, 5) is 6.62. The number of rotatable bonds is 6. The van der Waals surface area contributed by atoms with Gasteiger partial charge in [0.25, 0.3) is 0 Å². The second kappa shape index (κ2) is 8.50. The monoisotopic (exact) mass is 373 g/mol. The molecule has 0 spiro atoms. The third-order valence-corrected chi connectivity index (χ3v) is 6.55. The Bertz CT molecular complexity index is 693. The highest BCUT2D eigenvalue weighted by atomic mass is 32.2. The molecular formula is C19H27N5OS. The molecule has 0 radical (unpaired) electrons. The van der Waals surface area contributed by atoms with Crippen LogP contribution in [0.4, 0.5) is 0 Å². The molecule has 1 atom stereocenters. The molecule has 4 heterocycles. The first-order valence-electron chi connectivity index (χ1n) is 9.54. The molecule has 0 unspecified atom stereocenters. The highest BCUT2D eigenvalue weighted by molar-refractivity contribution is 7.99. The topological polar surface area (TPSA) is 56.1 Å². The zero-order valence-electron chi connectivity index (χ0n) is 15.4. The molecular weight excluding hydrogens is 346 g/mol. The molecule has 0 N–H and O–H groups in total. The maximum atomic E-state index is 5.71. The highest BCUT2D eigenvalue weighted by Crippen LogP contribution is 2.30. The summed E-state index contributed by atoms with van der Waals surface area (Å²) in [5.41, 5.74) is 1.34. The van der Waals surface area contributed by atoms with E-state index in [1.165, 1.54) is 18.4 Å². The van der Waals surface area contributed by atoms with E-state index in [2.05, 4.69) is 43.8 Å². The molecule has 26 heavy (non-hydrogen) atoms. The van der Waals surface area contributed by atoms with Gasteiger partial charge in [0.05, 0.1) is 6.10 Å². The van der Waals surface area contributed by atoms with Gasteiger partial charge in [0, 0.05) is 44.3 Å². The van der Waals surface area contributed by atoms with E-state index in [9.17, 15) is 0 Å². The smallest absolute Gasteiger partial charge is 0.191 e. The zero-order valence-corrected chi connectivity index (χ0v) is 16.2. The summed E-state index contributed by atoms with van der Waals surface area (Å²) < 4.78 is 7.91. The summed E-state index contributed by atoms with van der Waals surface area (Å²) in [6.07, 6.45) is 8.79. The molecule has 0 bridgehead atoms. The zero-order chi connectivity index (χ0) is 17.8. The van der Waals surface area contributed by atoms with Crippen LogP contribution in [0, 0.1) is 0 Å². The van der Waals surface area contributed by atoms with Crippen molar-refractivity contribution >= 4 is 11.8 Å². The van der Waals surface area contributed by atoms with Gasteiger partial charge in [-0.2, -0.15) is 0 Å². The van der Waals surface area contributed by atoms with Crippen molar-refractivity contribution in [2.45, 2.75) is 49.4 Å². The van der Waals surface area contributed by atoms with Gasteiger partial charge < -0.3 is 9.30 Å². The average Bonchev–Trinajstić information content (AvgIpc) is 3.31. The number of ether oxygens (including phenoxy) is 1. The molecule has 2 aromatic heterocycles. The quantitative estimate of drug-likeness (QED) is 0.726. The lowest BCUT2D eigenvalue weighted by Gasteiger charge is -2.31. The van der Waals surface area contributed by atoms with Crippen LogP contribution in [-0.4, -0.2) is 56.2 Å². The summed E-state index contributed by atoms with van der Waals surface area (Å²) >= 11 is 1.78. The SMILES string of the molecule is Cn1c(SC[C@H]2CCCO2)nnc1C1CCN(Cc2ccncc2)CC1. The number of hydrogen-bond acceptors (Lipinski definition) is 6. The standard InChI is InChI=1S/C19H27N5OS/c1-23-18(21-22-19(23)26-14-17-3-2-12-25-17)16-6-10-24(11-7-16)13-15-4-8-20-9-5-15/h4-5,8-9,16-17H,2-3,6-7,10-14H2,1H3/t17-/m1/s1. The minimum absolute atomic E-state index is 0.386. The van der Waals surface area contributed by atoms with Crippen LogP contribution in [0.25, 0.3) is 0 Å². The van der Waals surface area contributed by atoms with E-state index in [0.29, 0.717) is 12.0 Å². The van der Waals surface area contributed by atoms with Crippen molar-refractivity contribution in [1.29, 1.82) is 0 Å². The maximum Gasteiger partial charge on any atom is 0.191 e. The van der Waals surface area contributed by atoms with Crippen molar-refractivity contribution in [2.24, 2.45) is 7.05 Å². The van der Waals surface area contributed by atoms with Gasteiger partial charge in [0.1, 0.15) is 5.82 Å². The van der Waals surface area contributed by atoms with Crippen molar-refractivity contribution in [3.05, 3.63) is 35.9 Å². The Morgan fingerprint density at radius 1 is 1.15 bits per heavy atom. The van der Waals surface area contributed by atoms with Crippen LogP contribution >= 0.6 is 11.8 Å². The lowest BCUT2D eigenvalue weighted by molar-refractivity contribution is 0.129. The number of piperidine rings is 1. The van der Waals surface area contributed by atoms with E-state index in [1.54, 1.807) is 11.8 Å². The van der Waals surface area contributed by atoms with Crippen LogP contribution < -0.4 is 0 Å². The van der Waals surface area contributed by atoms with E-state index >= 15 is 0 Å². The lowest BCUT2D eigenvalue weighted by Crippen LogP contribution is -2.33. The van der Waals surface area contributed by atoms with Gasteiger partial charge in [-0.3, -0.25) is 9.88 Å². The Morgan fingerprint density at radius 2 is 1.96 bits per heavy atom. The molecule has 0 aliphatic carbocycles. The molecule has 2 saturated heterocycles. The Kier molecular flexibility index (Phi) is 5.87. The Hall–Kier alpha value is -1.44. The number of aromatic nitrogens is 4. The number of likely N-dealkylation sites (tertiary alicyclic amines) is 1. The van der Waals surface area contributed by atoms with Gasteiger partial charge in [-0.15, -0.1) is 10.2 Å². The lowest BCUT2D eigenvalue weighted by atomic mass is 9.95. The predicted octanol–water partition coefficient (Wildman–Crippen LogP) is 2.86. The summed E-state index contributed by atoms with van der Waals surface area (Å²) in [5, 5.41) is 9.98. The summed E-state index contributed by atoms with van der Waals surface area (Å²) in [5.74, 6) is 2.64. The van der Waals surface area contributed by atoms with E-state index in [4.69, 9.17) is 4.74 Å². The van der Waals surface area contributed by atoms with Crippen molar-refractivity contribution in [3.63, 3.8) is 0 Å². The van der Waals surface area contributed by atoms with Crippen molar-refractivity contribution in [1.82, 2.24) is 24.6 Å². The van der Waals surface area contributed by atoms with Gasteiger partial charge in [-0.25, -0.2) is 0 Å². The Morgan fingerprint density at radius 3 is 2.69 bits per heavy atom. The largest absolute Gasteiger partial charge is 0.377 e. The van der Waals surface area contributed by atoms with E-state index in [1.807, 2.05) is 12.4 Å². The fourth-order valence-electron chi connectivity index (χ4n) is 3.85. The first kappa shape index (κ1) is 17.9. The van der Waals surface area contributed by atoms with Crippen molar-refractivity contribution in [3.8, 4) is 0 Å². The van der Waals surface area contributed by atoms with Gasteiger partial charge in [-0.1, -0.05) is 11.8 Å². The van der Waals surface area contributed by atoms with Gasteiger partial charge in [0.2, 0.25) is 0 Å². The Labute approximate surface area is 159 Å². The van der Waals surface area contributed by atoms with Crippen LogP contribution in [0.1, 0.15) is 43.0 Å². The maximum absolute atomic E-state index is 5.71. The van der Waals surface area contributed by atoms with Crippen LogP contribution in [0.5, 0.6) is 0 Å². The van der Waals surface area contributed by atoms with E-state index in [0.717, 1.165) is 55.8 Å². The average molecular weight is 374 g/mol. The number of thioether (sulfide) groups is 1. The molecule has 0 saturated carbocycles. The van der Waals surface area contributed by atoms with E-state index < -0.39 is 0 Å². The fourth-order valence-corrected chi connectivity index (χ4v) is 4.83. The number of pyridine rings is 1. The van der Waals surface area contributed by atoms with Crippen molar-refractivity contribution in [2.75, 3.05) is 25.4 Å². The molecule has 2 fully saturated rings. The Balaban J connectivity index is 1.30. The fraction of sp³-hybridized carbons (Fsp3) is 0.632. The van der Waals surface area contributed by atoms with Crippen LogP contribution in [0.2, 0.25) is 0 Å². The van der Waals surface area contributed by atoms with Crippen LogP contribution in [0.3, 0.4) is 0 Å². The van der Waals surface area contributed by atoms with Gasteiger partial charge in [-0.05, 0) is 56.5 Å². The first-order chi connectivity index (χ1) is 12.8. The second-order valence-corrected chi connectivity index (χ2v) is 8.24. The first-order valence-corrected chi connectivity index (χ1v) is 10.5. The normalized spacial score (nSPS) is 22.1. The molecule has 4 rings (SSSR count).